The molecule has 0 aliphatic carbocycles. The first-order valence-corrected chi connectivity index (χ1v) is 8.10. The molecule has 7 heteroatoms. The van der Waals surface area contributed by atoms with Crippen molar-refractivity contribution in [2.24, 2.45) is 5.92 Å². The summed E-state index contributed by atoms with van der Waals surface area (Å²) in [5, 5.41) is 12.5. The summed E-state index contributed by atoms with van der Waals surface area (Å²) >= 11 is 6.16. The largest absolute Gasteiger partial charge is 0.487 e. The minimum atomic E-state index is -0.180. The molecule has 6 nitrogen and oxygen atoms in total. The van der Waals surface area contributed by atoms with Crippen molar-refractivity contribution in [3.63, 3.8) is 0 Å². The number of urea groups is 1. The molecule has 0 radical (unpaired) electrons. The Labute approximate surface area is 141 Å². The number of benzene rings is 1. The maximum absolute atomic E-state index is 12.4. The molecule has 0 bridgehead atoms. The van der Waals surface area contributed by atoms with E-state index in [-0.39, 0.29) is 18.6 Å². The number of carbonyl (C=O) groups is 1. The highest BCUT2D eigenvalue weighted by atomic mass is 35.5. The molecule has 0 unspecified atom stereocenters. The highest BCUT2D eigenvalue weighted by Gasteiger charge is 2.23. The van der Waals surface area contributed by atoms with E-state index in [0.717, 1.165) is 12.8 Å². The van der Waals surface area contributed by atoms with Crippen molar-refractivity contribution in [2.75, 3.05) is 45.3 Å². The van der Waals surface area contributed by atoms with Gasteiger partial charge in [0.25, 0.3) is 0 Å². The Bertz CT molecular complexity index is 519. The molecule has 23 heavy (non-hydrogen) atoms. The smallest absolute Gasteiger partial charge is 0.321 e. The van der Waals surface area contributed by atoms with E-state index in [0.29, 0.717) is 42.8 Å². The van der Waals surface area contributed by atoms with Gasteiger partial charge < -0.3 is 24.8 Å². The molecule has 0 saturated carbocycles. The van der Waals surface area contributed by atoms with Crippen LogP contribution in [-0.2, 0) is 4.74 Å². The minimum absolute atomic E-state index is 0.180. The predicted molar refractivity (Wildman–Crippen MR) is 89.2 cm³/mol. The lowest BCUT2D eigenvalue weighted by Crippen LogP contribution is -2.41. The van der Waals surface area contributed by atoms with Crippen LogP contribution in [0.3, 0.4) is 0 Å². The number of para-hydroxylation sites is 1. The molecular formula is C16H23ClN2O4. The van der Waals surface area contributed by atoms with Gasteiger partial charge in [-0.25, -0.2) is 4.79 Å². The fraction of sp³-hybridized carbons (Fsp3) is 0.562. The van der Waals surface area contributed by atoms with Crippen molar-refractivity contribution in [1.29, 1.82) is 0 Å². The van der Waals surface area contributed by atoms with Gasteiger partial charge in [-0.3, -0.25) is 0 Å². The van der Waals surface area contributed by atoms with Crippen LogP contribution >= 0.6 is 11.6 Å². The Balaban J connectivity index is 1.99. The van der Waals surface area contributed by atoms with Crippen LogP contribution in [0.4, 0.5) is 10.5 Å². The van der Waals surface area contributed by atoms with Gasteiger partial charge in [0, 0.05) is 26.8 Å². The van der Waals surface area contributed by atoms with Crippen LogP contribution in [0.1, 0.15) is 12.8 Å². The average Bonchev–Trinajstić information content (AvgIpc) is 2.57. The maximum atomic E-state index is 12.4. The van der Waals surface area contributed by atoms with E-state index < -0.39 is 0 Å². The van der Waals surface area contributed by atoms with Gasteiger partial charge in [0.15, 0.2) is 5.75 Å². The number of nitrogens with zero attached hydrogens (tertiary/aromatic N) is 1. The van der Waals surface area contributed by atoms with Crippen molar-refractivity contribution >= 4 is 23.3 Å². The summed E-state index contributed by atoms with van der Waals surface area (Å²) in [5.74, 6) is 0.739. The number of ether oxygens (including phenoxy) is 2. The first-order valence-electron chi connectivity index (χ1n) is 7.72. The quantitative estimate of drug-likeness (QED) is 0.779. The third-order valence-corrected chi connectivity index (χ3v) is 4.20. The summed E-state index contributed by atoms with van der Waals surface area (Å²) in [6, 6.07) is 5.05. The van der Waals surface area contributed by atoms with E-state index in [1.54, 1.807) is 30.2 Å². The third kappa shape index (κ3) is 4.99. The molecule has 1 heterocycles. The lowest BCUT2D eigenvalue weighted by molar-refractivity contribution is 0.143. The Morgan fingerprint density at radius 2 is 2.13 bits per heavy atom. The second-order valence-corrected chi connectivity index (χ2v) is 5.91. The maximum Gasteiger partial charge on any atom is 0.321 e. The van der Waals surface area contributed by atoms with Crippen molar-refractivity contribution in [1.82, 2.24) is 4.90 Å². The molecule has 1 aliphatic rings. The number of rotatable bonds is 6. The summed E-state index contributed by atoms with van der Waals surface area (Å²) in [7, 11) is 1.59. The number of piperidine rings is 1. The van der Waals surface area contributed by atoms with Crippen LogP contribution in [0.15, 0.2) is 18.2 Å². The summed E-state index contributed by atoms with van der Waals surface area (Å²) in [6.07, 6.45) is 1.63. The van der Waals surface area contributed by atoms with Gasteiger partial charge in [0.1, 0.15) is 6.61 Å². The molecular weight excluding hydrogens is 320 g/mol. The third-order valence-electron chi connectivity index (χ3n) is 3.90. The number of amides is 2. The predicted octanol–water partition coefficient (Wildman–Crippen LogP) is 2.60. The van der Waals surface area contributed by atoms with Crippen LogP contribution in [0, 0.1) is 5.92 Å². The second-order valence-electron chi connectivity index (χ2n) is 5.50. The zero-order chi connectivity index (χ0) is 16.7. The summed E-state index contributed by atoms with van der Waals surface area (Å²) < 4.78 is 10.6. The van der Waals surface area contributed by atoms with Crippen LogP contribution in [0.5, 0.6) is 5.75 Å². The molecule has 1 aliphatic heterocycles. The van der Waals surface area contributed by atoms with Crippen LogP contribution in [0.2, 0.25) is 5.02 Å². The topological polar surface area (TPSA) is 71.0 Å². The van der Waals surface area contributed by atoms with Gasteiger partial charge in [-0.2, -0.15) is 0 Å². The van der Waals surface area contributed by atoms with Gasteiger partial charge >= 0.3 is 6.03 Å². The molecule has 1 aromatic carbocycles. The van der Waals surface area contributed by atoms with E-state index in [9.17, 15) is 4.79 Å². The summed E-state index contributed by atoms with van der Waals surface area (Å²) in [5.41, 5.74) is 0.544. The van der Waals surface area contributed by atoms with Gasteiger partial charge in [-0.05, 0) is 30.9 Å². The molecule has 1 fully saturated rings. The van der Waals surface area contributed by atoms with E-state index in [1.807, 2.05) is 0 Å². The Hall–Kier alpha value is -1.50. The average molecular weight is 343 g/mol. The fourth-order valence-electron chi connectivity index (χ4n) is 2.49. The van der Waals surface area contributed by atoms with Gasteiger partial charge in [0.2, 0.25) is 0 Å². The zero-order valence-electron chi connectivity index (χ0n) is 13.3. The molecule has 2 rings (SSSR count). The summed E-state index contributed by atoms with van der Waals surface area (Å²) in [4.78, 5) is 14.1. The number of methoxy groups -OCH3 is 1. The highest BCUT2D eigenvalue weighted by molar-refractivity contribution is 6.32. The first-order chi connectivity index (χ1) is 11.2. The number of aliphatic hydroxyl groups is 1. The fourth-order valence-corrected chi connectivity index (χ4v) is 2.72. The Morgan fingerprint density at radius 1 is 1.39 bits per heavy atom. The molecule has 1 aromatic rings. The molecule has 1 saturated heterocycles. The van der Waals surface area contributed by atoms with Crippen molar-refractivity contribution < 1.29 is 19.4 Å². The van der Waals surface area contributed by atoms with Crippen LogP contribution in [-0.4, -0.2) is 56.1 Å². The number of halogens is 1. The number of hydrogen-bond acceptors (Lipinski definition) is 4. The van der Waals surface area contributed by atoms with Crippen LogP contribution < -0.4 is 10.1 Å². The van der Waals surface area contributed by atoms with Crippen molar-refractivity contribution in [3.05, 3.63) is 23.2 Å². The lowest BCUT2D eigenvalue weighted by atomic mass is 9.98. The number of likely N-dealkylation sites (tertiary alicyclic amines) is 1. The Kier molecular flexibility index (Phi) is 6.95. The van der Waals surface area contributed by atoms with E-state index in [2.05, 4.69) is 5.32 Å². The number of aliphatic hydroxyl groups excluding tert-OH is 1. The lowest BCUT2D eigenvalue weighted by Gasteiger charge is -2.31. The van der Waals surface area contributed by atoms with Crippen LogP contribution in [0.25, 0.3) is 0 Å². The number of carbonyl (C=O) groups excluding carboxylic acids is 1. The van der Waals surface area contributed by atoms with Gasteiger partial charge in [-0.15, -0.1) is 0 Å². The van der Waals surface area contributed by atoms with E-state index in [1.165, 1.54) is 0 Å². The van der Waals surface area contributed by atoms with Gasteiger partial charge in [0.05, 0.1) is 17.3 Å². The molecule has 128 valence electrons. The SMILES string of the molecule is COCCOc1c(Cl)cccc1NC(=O)N1CCC(CO)CC1. The number of hydrogen-bond donors (Lipinski definition) is 2. The summed E-state index contributed by atoms with van der Waals surface area (Å²) in [6.45, 7) is 2.24. The normalized spacial score (nSPS) is 15.5. The molecule has 2 amide bonds. The minimum Gasteiger partial charge on any atom is -0.487 e. The van der Waals surface area contributed by atoms with Gasteiger partial charge in [-0.1, -0.05) is 17.7 Å². The van der Waals surface area contributed by atoms with Crippen molar-refractivity contribution in [2.45, 2.75) is 12.8 Å². The standard InChI is InChI=1S/C16H23ClN2O4/c1-22-9-10-23-15-13(17)3-2-4-14(15)18-16(21)19-7-5-12(11-20)6-8-19/h2-4,12,20H,5-11H2,1H3,(H,18,21). The highest BCUT2D eigenvalue weighted by Crippen LogP contribution is 2.33. The monoisotopic (exact) mass is 342 g/mol. The van der Waals surface area contributed by atoms with E-state index >= 15 is 0 Å². The first kappa shape index (κ1) is 17.8. The molecule has 0 atom stereocenters. The second kappa shape index (κ2) is 8.96. The molecule has 0 aromatic heterocycles. The molecule has 2 N–H and O–H groups in total. The molecule has 0 spiro atoms. The zero-order valence-corrected chi connectivity index (χ0v) is 14.0. The van der Waals surface area contributed by atoms with Crippen molar-refractivity contribution in [3.8, 4) is 5.75 Å². The Morgan fingerprint density at radius 3 is 2.78 bits per heavy atom. The number of nitrogens with one attached hydrogen (secondary N) is 1. The van der Waals surface area contributed by atoms with E-state index in [4.69, 9.17) is 26.2 Å². The number of anilines is 1.